The van der Waals surface area contributed by atoms with Crippen LogP contribution in [0.5, 0.6) is 0 Å². The molecule has 0 spiro atoms. The van der Waals surface area contributed by atoms with E-state index >= 15 is 0 Å². The predicted octanol–water partition coefficient (Wildman–Crippen LogP) is 17.4. The van der Waals surface area contributed by atoms with Gasteiger partial charge in [-0.2, -0.15) is 0 Å². The van der Waals surface area contributed by atoms with Crippen LogP contribution in [0.15, 0.2) is 219 Å². The van der Waals surface area contributed by atoms with Crippen molar-refractivity contribution >= 4 is 72.0 Å². The van der Waals surface area contributed by atoms with Crippen molar-refractivity contribution in [3.8, 4) is 61.3 Å². The predicted molar refractivity (Wildman–Crippen MR) is 278 cm³/mol. The molecule has 296 valence electrons. The molecular weight excluding hydrogens is 862 g/mol. The minimum atomic E-state index is 1.14. The summed E-state index contributed by atoms with van der Waals surface area (Å²) in [6.07, 6.45) is 2.00. The van der Waals surface area contributed by atoms with E-state index in [1.54, 1.807) is 0 Å². The maximum atomic E-state index is 4.23. The zero-order chi connectivity index (χ0) is 42.2. The number of hydrogen-bond donors (Lipinski definition) is 0. The van der Waals surface area contributed by atoms with E-state index in [4.69, 9.17) is 0 Å². The Labute approximate surface area is 377 Å². The van der Waals surface area contributed by atoms with E-state index in [1.807, 2.05) is 11.0 Å². The molecule has 1 aromatic heterocycles. The number of aromatic nitrogens is 1. The van der Waals surface area contributed by atoms with E-state index in [9.17, 15) is 0 Å². The van der Waals surface area contributed by atoms with Gasteiger partial charge in [0, 0.05) is 16.5 Å². The van der Waals surface area contributed by atoms with E-state index in [0.29, 0.717) is 0 Å². The summed E-state index contributed by atoms with van der Waals surface area (Å²) in [6, 6.07) is 77.5. The quantitative estimate of drug-likeness (QED) is 0.0853. The van der Waals surface area contributed by atoms with Crippen molar-refractivity contribution in [3.05, 3.63) is 230 Å². The van der Waals surface area contributed by atoms with E-state index in [2.05, 4.69) is 253 Å². The van der Waals surface area contributed by atoms with Crippen molar-refractivity contribution < 1.29 is 0 Å². The number of rotatable bonds is 7. The molecule has 0 aliphatic carbocycles. The van der Waals surface area contributed by atoms with Crippen molar-refractivity contribution in [3.63, 3.8) is 0 Å². The fourth-order valence-corrected chi connectivity index (χ4v) is 9.55. The molecule has 0 aliphatic rings. The molecule has 0 N–H and O–H groups in total. The second-order valence-corrected chi connectivity index (χ2v) is 15.7. The van der Waals surface area contributed by atoms with E-state index in [0.717, 1.165) is 11.3 Å². The van der Waals surface area contributed by atoms with Crippen LogP contribution >= 0.6 is 22.6 Å². The molecule has 0 amide bonds. The van der Waals surface area contributed by atoms with Gasteiger partial charge in [0.25, 0.3) is 0 Å². The molecule has 0 radical (unpaired) electrons. The van der Waals surface area contributed by atoms with Gasteiger partial charge in [-0.25, -0.2) is 0 Å². The Morgan fingerprint density at radius 2 is 0.839 bits per heavy atom. The molecule has 0 aliphatic heterocycles. The number of aryl methyl sites for hydroxylation is 1. The SMILES string of the molecule is C=Cc1c(-c2ccc(-c3ccc4c(c3)c3ccccc3n4-c3ccc(-c4c5ccccc5c(-c5ccccc5)c5ccccc45)cc3)cc2)cccc1-c1ccccc1C.CI. The van der Waals surface area contributed by atoms with Gasteiger partial charge in [0.15, 0.2) is 0 Å². The Morgan fingerprint density at radius 3 is 1.47 bits per heavy atom. The Morgan fingerprint density at radius 1 is 0.371 bits per heavy atom. The normalized spacial score (nSPS) is 11.2. The van der Waals surface area contributed by atoms with Crippen LogP contribution in [0.1, 0.15) is 11.1 Å². The number of halogens is 1. The van der Waals surface area contributed by atoms with Crippen molar-refractivity contribution in [2.75, 3.05) is 4.93 Å². The van der Waals surface area contributed by atoms with E-state index < -0.39 is 0 Å². The lowest BCUT2D eigenvalue weighted by molar-refractivity contribution is 1.18. The van der Waals surface area contributed by atoms with Crippen LogP contribution in [0, 0.1) is 6.92 Å². The van der Waals surface area contributed by atoms with Gasteiger partial charge in [-0.05, 0) is 130 Å². The third kappa shape index (κ3) is 6.72. The number of para-hydroxylation sites is 1. The Kier molecular flexibility index (Phi) is 10.6. The van der Waals surface area contributed by atoms with Gasteiger partial charge in [0.1, 0.15) is 0 Å². The number of benzene rings is 10. The number of alkyl halides is 1. The Balaban J connectivity index is 0.00000226. The lowest BCUT2D eigenvalue weighted by atomic mass is 9.86. The zero-order valence-electron chi connectivity index (χ0n) is 34.8. The highest BCUT2D eigenvalue weighted by molar-refractivity contribution is 14.1. The van der Waals surface area contributed by atoms with Crippen LogP contribution in [0.3, 0.4) is 0 Å². The molecule has 0 saturated heterocycles. The number of fused-ring (bicyclic) bond motifs is 5. The molecule has 62 heavy (non-hydrogen) atoms. The van der Waals surface area contributed by atoms with Crippen LogP contribution in [-0.4, -0.2) is 9.50 Å². The molecule has 0 bridgehead atoms. The fraction of sp³-hybridized carbons (Fsp3) is 0.0333. The van der Waals surface area contributed by atoms with Gasteiger partial charge in [0.2, 0.25) is 0 Å². The second kappa shape index (κ2) is 16.8. The first-order chi connectivity index (χ1) is 30.7. The summed E-state index contributed by atoms with van der Waals surface area (Å²) >= 11 is 2.15. The van der Waals surface area contributed by atoms with Crippen molar-refractivity contribution in [1.82, 2.24) is 4.57 Å². The van der Waals surface area contributed by atoms with Gasteiger partial charge in [-0.1, -0.05) is 217 Å². The molecule has 11 aromatic rings. The van der Waals surface area contributed by atoms with Gasteiger partial charge in [-0.15, -0.1) is 0 Å². The van der Waals surface area contributed by atoms with Crippen molar-refractivity contribution in [2.24, 2.45) is 0 Å². The minimum Gasteiger partial charge on any atom is -0.309 e. The first-order valence-electron chi connectivity index (χ1n) is 21.1. The first kappa shape index (κ1) is 39.1. The van der Waals surface area contributed by atoms with Crippen LogP contribution < -0.4 is 0 Å². The third-order valence-corrected chi connectivity index (χ3v) is 12.4. The molecule has 0 atom stereocenters. The smallest absolute Gasteiger partial charge is 0.0541 e. The second-order valence-electron chi connectivity index (χ2n) is 15.7. The Bertz CT molecular complexity index is 3370. The van der Waals surface area contributed by atoms with Crippen LogP contribution in [0.25, 0.3) is 111 Å². The summed E-state index contributed by atoms with van der Waals surface area (Å²) in [7, 11) is 0. The standard InChI is InChI=1S/C59H41N.CH3I/c1-3-46-48(25-15-26-49(46)47-19-8-7-16-39(47)2)41-30-28-40(29-31-41)44-34-37-57-55(38-44)50-20-13-14-27-56(50)60(57)45-35-32-43(33-36-45)59-53-23-11-9-21-51(53)58(42-17-5-4-6-18-42)52-22-10-12-24-54(52)59;1-2/h3-38H,1H2,2H3;1H3. The minimum absolute atomic E-state index is 1.14. The topological polar surface area (TPSA) is 4.93 Å². The zero-order valence-corrected chi connectivity index (χ0v) is 37.0. The first-order valence-corrected chi connectivity index (χ1v) is 23.2. The molecule has 1 heterocycles. The molecule has 1 nitrogen and oxygen atoms in total. The maximum Gasteiger partial charge on any atom is 0.0541 e. The summed E-state index contributed by atoms with van der Waals surface area (Å²) in [5.74, 6) is 0. The summed E-state index contributed by atoms with van der Waals surface area (Å²) < 4.78 is 2.41. The molecular formula is C60H44IN. The Hall–Kier alpha value is -7.01. The molecule has 0 fully saturated rings. The highest BCUT2D eigenvalue weighted by Crippen LogP contribution is 2.44. The molecule has 10 aromatic carbocycles. The highest BCUT2D eigenvalue weighted by atomic mass is 127. The molecule has 2 heteroatoms. The van der Waals surface area contributed by atoms with Gasteiger partial charge >= 0.3 is 0 Å². The lowest BCUT2D eigenvalue weighted by Gasteiger charge is -2.18. The third-order valence-electron chi connectivity index (χ3n) is 12.4. The average molecular weight is 906 g/mol. The summed E-state index contributed by atoms with van der Waals surface area (Å²) in [5.41, 5.74) is 18.1. The van der Waals surface area contributed by atoms with Gasteiger partial charge < -0.3 is 4.57 Å². The van der Waals surface area contributed by atoms with Gasteiger partial charge in [0.05, 0.1) is 11.0 Å². The lowest BCUT2D eigenvalue weighted by Crippen LogP contribution is -1.94. The largest absolute Gasteiger partial charge is 0.309 e. The molecule has 0 unspecified atom stereocenters. The summed E-state index contributed by atoms with van der Waals surface area (Å²) in [5, 5.41) is 7.54. The van der Waals surface area contributed by atoms with Gasteiger partial charge in [-0.3, -0.25) is 0 Å². The summed E-state index contributed by atoms with van der Waals surface area (Å²) in [4.78, 5) is 1.97. The average Bonchev–Trinajstić information content (AvgIpc) is 3.68. The number of hydrogen-bond acceptors (Lipinski definition) is 0. The monoisotopic (exact) mass is 905 g/mol. The van der Waals surface area contributed by atoms with E-state index in [1.165, 1.54) is 105 Å². The molecule has 11 rings (SSSR count). The number of nitrogens with zero attached hydrogens (tertiary/aromatic N) is 1. The molecule has 0 saturated carbocycles. The van der Waals surface area contributed by atoms with Crippen molar-refractivity contribution in [1.29, 1.82) is 0 Å². The maximum absolute atomic E-state index is 4.23. The van der Waals surface area contributed by atoms with Crippen LogP contribution in [0.2, 0.25) is 0 Å². The van der Waals surface area contributed by atoms with Crippen molar-refractivity contribution in [2.45, 2.75) is 6.92 Å². The van der Waals surface area contributed by atoms with Crippen LogP contribution in [0.4, 0.5) is 0 Å². The van der Waals surface area contributed by atoms with Crippen LogP contribution in [-0.2, 0) is 0 Å². The highest BCUT2D eigenvalue weighted by Gasteiger charge is 2.18. The van der Waals surface area contributed by atoms with E-state index in [-0.39, 0.29) is 0 Å². The fourth-order valence-electron chi connectivity index (χ4n) is 9.55. The summed E-state index contributed by atoms with van der Waals surface area (Å²) in [6.45, 7) is 6.40.